The number of halogens is 2. The summed E-state index contributed by atoms with van der Waals surface area (Å²) in [5.74, 6) is -0.0771. The molecule has 0 bridgehead atoms. The molecule has 0 atom stereocenters. The van der Waals surface area contributed by atoms with Gasteiger partial charge in [-0.3, -0.25) is 9.89 Å². The van der Waals surface area contributed by atoms with Crippen molar-refractivity contribution >= 4 is 5.91 Å². The molecule has 0 saturated heterocycles. The zero-order valence-corrected chi connectivity index (χ0v) is 13.8. The van der Waals surface area contributed by atoms with Crippen molar-refractivity contribution in [3.05, 3.63) is 71.9 Å². The Kier molecular flexibility index (Phi) is 5.58. The van der Waals surface area contributed by atoms with Crippen LogP contribution in [0.15, 0.2) is 60.8 Å². The average Bonchev–Trinajstić information content (AvgIpc) is 3.16. The quantitative estimate of drug-likeness (QED) is 0.680. The van der Waals surface area contributed by atoms with Crippen LogP contribution in [0.4, 0.5) is 8.78 Å². The largest absolute Gasteiger partial charge is 0.435 e. The summed E-state index contributed by atoms with van der Waals surface area (Å²) in [4.78, 5) is 12.0. The molecular formula is C19H17F2N3O2. The minimum absolute atomic E-state index is 0.0708. The number of nitrogens with one attached hydrogen (secondary N) is 2. The molecule has 2 aromatic carbocycles. The van der Waals surface area contributed by atoms with Gasteiger partial charge in [-0.15, -0.1) is 0 Å². The maximum absolute atomic E-state index is 12.1. The van der Waals surface area contributed by atoms with Gasteiger partial charge in [-0.05, 0) is 34.9 Å². The van der Waals surface area contributed by atoms with Crippen LogP contribution in [0.2, 0.25) is 0 Å². The summed E-state index contributed by atoms with van der Waals surface area (Å²) in [6.07, 6.45) is 1.86. The summed E-state index contributed by atoms with van der Waals surface area (Å²) >= 11 is 0. The fourth-order valence-corrected chi connectivity index (χ4v) is 2.46. The van der Waals surface area contributed by atoms with Crippen LogP contribution in [0.3, 0.4) is 0 Å². The van der Waals surface area contributed by atoms with Gasteiger partial charge in [0.05, 0.1) is 12.1 Å². The molecule has 1 aromatic heterocycles. The van der Waals surface area contributed by atoms with Crippen LogP contribution in [0.25, 0.3) is 11.3 Å². The Morgan fingerprint density at radius 3 is 2.35 bits per heavy atom. The van der Waals surface area contributed by atoms with Crippen molar-refractivity contribution in [2.24, 2.45) is 0 Å². The van der Waals surface area contributed by atoms with Crippen LogP contribution in [-0.2, 0) is 17.8 Å². The molecule has 1 heterocycles. The predicted molar refractivity (Wildman–Crippen MR) is 92.6 cm³/mol. The molecule has 2 N–H and O–H groups in total. The van der Waals surface area contributed by atoms with Gasteiger partial charge in [-0.2, -0.15) is 13.9 Å². The first-order chi connectivity index (χ1) is 12.6. The van der Waals surface area contributed by atoms with E-state index >= 15 is 0 Å². The smallest absolute Gasteiger partial charge is 0.387 e. The van der Waals surface area contributed by atoms with Crippen LogP contribution in [-0.4, -0.2) is 22.7 Å². The Morgan fingerprint density at radius 1 is 1.04 bits per heavy atom. The lowest BCUT2D eigenvalue weighted by Crippen LogP contribution is -2.24. The first-order valence-corrected chi connectivity index (χ1v) is 7.99. The van der Waals surface area contributed by atoms with Crippen LogP contribution in [0.1, 0.15) is 11.1 Å². The molecule has 0 aliphatic rings. The predicted octanol–water partition coefficient (Wildman–Crippen LogP) is 3.54. The highest BCUT2D eigenvalue weighted by Gasteiger charge is 2.07. The van der Waals surface area contributed by atoms with E-state index in [1.54, 1.807) is 18.3 Å². The number of nitrogens with zero attached hydrogens (tertiary/aromatic N) is 1. The number of aromatic amines is 1. The average molecular weight is 357 g/mol. The lowest BCUT2D eigenvalue weighted by molar-refractivity contribution is -0.120. The molecule has 134 valence electrons. The minimum atomic E-state index is -2.86. The van der Waals surface area contributed by atoms with E-state index in [9.17, 15) is 13.6 Å². The van der Waals surface area contributed by atoms with E-state index in [-0.39, 0.29) is 18.1 Å². The van der Waals surface area contributed by atoms with Crippen LogP contribution in [0, 0.1) is 0 Å². The number of hydrogen-bond donors (Lipinski definition) is 2. The van der Waals surface area contributed by atoms with Crippen LogP contribution in [0.5, 0.6) is 5.75 Å². The molecule has 0 unspecified atom stereocenters. The van der Waals surface area contributed by atoms with Crippen LogP contribution < -0.4 is 10.1 Å². The summed E-state index contributed by atoms with van der Waals surface area (Å²) in [5.41, 5.74) is 3.64. The fourth-order valence-electron chi connectivity index (χ4n) is 2.46. The van der Waals surface area contributed by atoms with E-state index in [0.717, 1.165) is 22.4 Å². The Balaban J connectivity index is 1.49. The third kappa shape index (κ3) is 4.89. The van der Waals surface area contributed by atoms with Crippen molar-refractivity contribution in [1.29, 1.82) is 0 Å². The van der Waals surface area contributed by atoms with E-state index in [1.807, 2.05) is 30.3 Å². The second-order valence-electron chi connectivity index (χ2n) is 5.64. The Hall–Kier alpha value is -3.22. The van der Waals surface area contributed by atoms with Gasteiger partial charge in [-0.25, -0.2) is 0 Å². The van der Waals surface area contributed by atoms with Gasteiger partial charge in [0.2, 0.25) is 5.91 Å². The third-order valence-corrected chi connectivity index (χ3v) is 3.77. The van der Waals surface area contributed by atoms with E-state index < -0.39 is 6.61 Å². The molecule has 3 rings (SSSR count). The number of hydrogen-bond acceptors (Lipinski definition) is 3. The summed E-state index contributed by atoms with van der Waals surface area (Å²) in [6, 6.07) is 15.7. The molecule has 5 nitrogen and oxygen atoms in total. The fraction of sp³-hybridized carbons (Fsp3) is 0.158. The molecule has 26 heavy (non-hydrogen) atoms. The third-order valence-electron chi connectivity index (χ3n) is 3.77. The van der Waals surface area contributed by atoms with Gasteiger partial charge >= 0.3 is 6.61 Å². The maximum atomic E-state index is 12.1. The standard InChI is InChI=1S/C19H17F2N3O2/c20-19(21)26-16-7-3-13(4-8-16)11-18(25)22-12-14-1-5-15(6-2-14)17-9-10-23-24-17/h1-10,19H,11-12H2,(H,22,25)(H,23,24). The molecule has 3 aromatic rings. The lowest BCUT2D eigenvalue weighted by atomic mass is 10.1. The molecule has 0 saturated carbocycles. The number of ether oxygens (including phenoxy) is 1. The number of aromatic nitrogens is 2. The van der Waals surface area contributed by atoms with Gasteiger partial charge in [0.1, 0.15) is 5.75 Å². The summed E-state index contributed by atoms with van der Waals surface area (Å²) in [6.45, 7) is -2.45. The number of benzene rings is 2. The van der Waals surface area contributed by atoms with Crippen molar-refractivity contribution in [1.82, 2.24) is 15.5 Å². The number of amides is 1. The molecule has 0 fully saturated rings. The van der Waals surface area contributed by atoms with E-state index in [4.69, 9.17) is 0 Å². The second kappa shape index (κ2) is 8.24. The molecule has 0 aliphatic carbocycles. The topological polar surface area (TPSA) is 67.0 Å². The molecule has 7 heteroatoms. The van der Waals surface area contributed by atoms with E-state index in [1.165, 1.54) is 12.1 Å². The van der Waals surface area contributed by atoms with Crippen LogP contribution >= 0.6 is 0 Å². The van der Waals surface area contributed by atoms with E-state index in [2.05, 4.69) is 20.3 Å². The highest BCUT2D eigenvalue weighted by atomic mass is 19.3. The SMILES string of the molecule is O=C(Cc1ccc(OC(F)F)cc1)NCc1ccc(-c2ccn[nH]2)cc1. The van der Waals surface area contributed by atoms with Crippen molar-refractivity contribution in [2.75, 3.05) is 0 Å². The van der Waals surface area contributed by atoms with Crippen molar-refractivity contribution in [3.8, 4) is 17.0 Å². The van der Waals surface area contributed by atoms with Gasteiger partial charge in [0.15, 0.2) is 0 Å². The van der Waals surface area contributed by atoms with Crippen molar-refractivity contribution in [3.63, 3.8) is 0 Å². The Labute approximate surface area is 149 Å². The number of carbonyl (C=O) groups excluding carboxylic acids is 1. The zero-order valence-electron chi connectivity index (χ0n) is 13.8. The number of carbonyl (C=O) groups is 1. The minimum Gasteiger partial charge on any atom is -0.435 e. The summed E-state index contributed by atoms with van der Waals surface area (Å²) in [7, 11) is 0. The highest BCUT2D eigenvalue weighted by molar-refractivity contribution is 5.78. The van der Waals surface area contributed by atoms with E-state index in [0.29, 0.717) is 6.54 Å². The van der Waals surface area contributed by atoms with Gasteiger partial charge in [0.25, 0.3) is 0 Å². The van der Waals surface area contributed by atoms with Gasteiger partial charge < -0.3 is 10.1 Å². The van der Waals surface area contributed by atoms with Gasteiger partial charge in [0, 0.05) is 12.7 Å². The maximum Gasteiger partial charge on any atom is 0.387 e. The molecule has 0 spiro atoms. The molecule has 0 aliphatic heterocycles. The summed E-state index contributed by atoms with van der Waals surface area (Å²) in [5, 5.41) is 9.65. The molecule has 0 radical (unpaired) electrons. The normalized spacial score (nSPS) is 10.7. The molecular weight excluding hydrogens is 340 g/mol. The van der Waals surface area contributed by atoms with Crippen molar-refractivity contribution < 1.29 is 18.3 Å². The summed E-state index contributed by atoms with van der Waals surface area (Å²) < 4.78 is 28.5. The zero-order chi connectivity index (χ0) is 18.4. The number of H-pyrrole nitrogens is 1. The Bertz CT molecular complexity index is 832. The Morgan fingerprint density at radius 2 is 1.73 bits per heavy atom. The first-order valence-electron chi connectivity index (χ1n) is 7.99. The molecule has 1 amide bonds. The first kappa shape index (κ1) is 17.6. The second-order valence-corrected chi connectivity index (χ2v) is 5.64. The number of alkyl halides is 2. The number of rotatable bonds is 7. The monoisotopic (exact) mass is 357 g/mol. The highest BCUT2D eigenvalue weighted by Crippen LogP contribution is 2.17. The van der Waals surface area contributed by atoms with Crippen molar-refractivity contribution in [2.45, 2.75) is 19.6 Å². The lowest BCUT2D eigenvalue weighted by Gasteiger charge is -2.08. The van der Waals surface area contributed by atoms with Gasteiger partial charge in [-0.1, -0.05) is 36.4 Å².